The quantitative estimate of drug-likeness (QED) is 0.666. The molecule has 1 unspecified atom stereocenters. The lowest BCUT2D eigenvalue weighted by Gasteiger charge is -2.26. The van der Waals surface area contributed by atoms with Gasteiger partial charge in [0.2, 0.25) is 0 Å². The largest absolute Gasteiger partial charge is 0.393 e. The number of rotatable bonds is 8. The molecule has 0 radical (unpaired) electrons. The van der Waals surface area contributed by atoms with Gasteiger partial charge in [0.15, 0.2) is 0 Å². The molecule has 120 valence electrons. The van der Waals surface area contributed by atoms with Crippen molar-refractivity contribution in [1.29, 1.82) is 0 Å². The van der Waals surface area contributed by atoms with Gasteiger partial charge in [0.1, 0.15) is 12.2 Å². The van der Waals surface area contributed by atoms with Gasteiger partial charge in [0.25, 0.3) is 0 Å². The highest BCUT2D eigenvalue weighted by Crippen LogP contribution is 2.20. The highest BCUT2D eigenvalue weighted by molar-refractivity contribution is 5.73. The summed E-state index contributed by atoms with van der Waals surface area (Å²) >= 11 is 0. The first-order chi connectivity index (χ1) is 9.84. The Bertz CT molecular complexity index is 442. The molecular weight excluding hydrogens is 270 g/mol. The molecule has 0 aliphatic rings. The minimum atomic E-state index is -0.369. The van der Waals surface area contributed by atoms with Crippen molar-refractivity contribution in [2.45, 2.75) is 53.2 Å². The van der Waals surface area contributed by atoms with Crippen molar-refractivity contribution in [3.05, 3.63) is 12.2 Å². The van der Waals surface area contributed by atoms with Crippen LogP contribution in [0.4, 0.5) is 4.79 Å². The van der Waals surface area contributed by atoms with Gasteiger partial charge in [0.05, 0.1) is 6.10 Å². The summed E-state index contributed by atoms with van der Waals surface area (Å²) in [5.41, 5.74) is -0.130. The molecular formula is C14H27N5O2. The van der Waals surface area contributed by atoms with Crippen molar-refractivity contribution < 1.29 is 9.90 Å². The van der Waals surface area contributed by atoms with Crippen LogP contribution in [0.25, 0.3) is 0 Å². The van der Waals surface area contributed by atoms with E-state index in [-0.39, 0.29) is 17.6 Å². The van der Waals surface area contributed by atoms with Crippen molar-refractivity contribution in [2.24, 2.45) is 5.41 Å². The molecule has 7 nitrogen and oxygen atoms in total. The lowest BCUT2D eigenvalue weighted by molar-refractivity contribution is 0.129. The maximum absolute atomic E-state index is 11.7. The standard InChI is InChI=1S/C14H27N5O2/c1-5-12-18-17-10-19(12)7-6-15-13(21)16-9-14(3,4)8-11(2)20/h10-11,20H,5-9H2,1-4H3,(H2,15,16,21). The second-order valence-electron chi connectivity index (χ2n) is 6.12. The average Bonchev–Trinajstić information content (AvgIpc) is 2.82. The number of aliphatic hydroxyl groups excluding tert-OH is 1. The zero-order valence-corrected chi connectivity index (χ0v) is 13.4. The van der Waals surface area contributed by atoms with E-state index in [1.165, 1.54) is 0 Å². The van der Waals surface area contributed by atoms with E-state index in [9.17, 15) is 9.90 Å². The summed E-state index contributed by atoms with van der Waals surface area (Å²) < 4.78 is 1.93. The Morgan fingerprint density at radius 3 is 2.81 bits per heavy atom. The van der Waals surface area contributed by atoms with Gasteiger partial charge >= 0.3 is 6.03 Å². The van der Waals surface area contributed by atoms with Crippen molar-refractivity contribution in [1.82, 2.24) is 25.4 Å². The molecule has 1 heterocycles. The fourth-order valence-corrected chi connectivity index (χ4v) is 2.28. The predicted octanol–water partition coefficient (Wildman–Crippen LogP) is 0.937. The summed E-state index contributed by atoms with van der Waals surface area (Å²) in [6.45, 7) is 9.51. The maximum Gasteiger partial charge on any atom is 0.314 e. The molecule has 1 aromatic heterocycles. The summed E-state index contributed by atoms with van der Waals surface area (Å²) in [6, 6.07) is -0.195. The second kappa shape index (κ2) is 7.97. The average molecular weight is 297 g/mol. The van der Waals surface area contributed by atoms with Crippen LogP contribution < -0.4 is 10.6 Å². The Labute approximate surface area is 126 Å². The Hall–Kier alpha value is -1.63. The van der Waals surface area contributed by atoms with Crippen LogP contribution >= 0.6 is 0 Å². The molecule has 0 spiro atoms. The van der Waals surface area contributed by atoms with Crippen LogP contribution in [0.15, 0.2) is 6.33 Å². The van der Waals surface area contributed by atoms with Gasteiger partial charge < -0.3 is 20.3 Å². The van der Waals surface area contributed by atoms with Crippen molar-refractivity contribution in [3.8, 4) is 0 Å². The minimum absolute atomic E-state index is 0.130. The van der Waals surface area contributed by atoms with E-state index in [0.717, 1.165) is 12.2 Å². The molecule has 0 saturated carbocycles. The molecule has 1 atom stereocenters. The lowest BCUT2D eigenvalue weighted by Crippen LogP contribution is -2.42. The highest BCUT2D eigenvalue weighted by Gasteiger charge is 2.20. The zero-order chi connectivity index (χ0) is 15.9. The van der Waals surface area contributed by atoms with Crippen LogP contribution in [0.5, 0.6) is 0 Å². The number of urea groups is 1. The van der Waals surface area contributed by atoms with Crippen LogP contribution in [-0.4, -0.2) is 45.1 Å². The van der Waals surface area contributed by atoms with Crippen LogP contribution in [0.3, 0.4) is 0 Å². The number of carbonyl (C=O) groups is 1. The first-order valence-corrected chi connectivity index (χ1v) is 7.40. The Morgan fingerprint density at radius 1 is 1.48 bits per heavy atom. The van der Waals surface area contributed by atoms with Gasteiger partial charge in [-0.05, 0) is 18.8 Å². The number of nitrogens with one attached hydrogen (secondary N) is 2. The van der Waals surface area contributed by atoms with Crippen molar-refractivity contribution in [2.75, 3.05) is 13.1 Å². The van der Waals surface area contributed by atoms with E-state index in [1.54, 1.807) is 13.3 Å². The lowest BCUT2D eigenvalue weighted by atomic mass is 9.87. The first kappa shape index (κ1) is 17.4. The second-order valence-corrected chi connectivity index (χ2v) is 6.12. The summed E-state index contributed by atoms with van der Waals surface area (Å²) in [4.78, 5) is 11.7. The third-order valence-electron chi connectivity index (χ3n) is 3.23. The molecule has 7 heteroatoms. The van der Waals surface area contributed by atoms with Crippen LogP contribution in [0.2, 0.25) is 0 Å². The third kappa shape index (κ3) is 6.57. The SMILES string of the molecule is CCc1nncn1CCNC(=O)NCC(C)(C)CC(C)O. The number of nitrogens with zero attached hydrogens (tertiary/aromatic N) is 3. The van der Waals surface area contributed by atoms with Gasteiger partial charge in [-0.25, -0.2) is 4.79 Å². The van der Waals surface area contributed by atoms with E-state index in [0.29, 0.717) is 26.1 Å². The maximum atomic E-state index is 11.7. The van der Waals surface area contributed by atoms with Gasteiger partial charge in [-0.1, -0.05) is 20.8 Å². The first-order valence-electron chi connectivity index (χ1n) is 7.40. The minimum Gasteiger partial charge on any atom is -0.393 e. The van der Waals surface area contributed by atoms with Crippen LogP contribution in [-0.2, 0) is 13.0 Å². The number of carbonyl (C=O) groups excluding carboxylic acids is 1. The molecule has 0 fully saturated rings. The van der Waals surface area contributed by atoms with E-state index < -0.39 is 0 Å². The highest BCUT2D eigenvalue weighted by atomic mass is 16.3. The van der Waals surface area contributed by atoms with Crippen LogP contribution in [0.1, 0.15) is 39.9 Å². The summed E-state index contributed by atoms with van der Waals surface area (Å²) in [7, 11) is 0. The number of amides is 2. The number of hydrogen-bond donors (Lipinski definition) is 3. The van der Waals surface area contributed by atoms with Gasteiger partial charge in [-0.2, -0.15) is 0 Å². The van der Waals surface area contributed by atoms with Crippen molar-refractivity contribution in [3.63, 3.8) is 0 Å². The van der Waals surface area contributed by atoms with E-state index in [4.69, 9.17) is 0 Å². The van der Waals surface area contributed by atoms with E-state index >= 15 is 0 Å². The molecule has 1 aromatic rings. The number of aryl methyl sites for hydroxylation is 1. The van der Waals surface area contributed by atoms with E-state index in [1.807, 2.05) is 25.3 Å². The topological polar surface area (TPSA) is 92.1 Å². The summed E-state index contributed by atoms with van der Waals surface area (Å²) in [6.07, 6.45) is 2.77. The van der Waals surface area contributed by atoms with E-state index in [2.05, 4.69) is 20.8 Å². The summed E-state index contributed by atoms with van der Waals surface area (Å²) in [5, 5.41) is 22.9. The fourth-order valence-electron chi connectivity index (χ4n) is 2.28. The number of aromatic nitrogens is 3. The predicted molar refractivity (Wildman–Crippen MR) is 80.9 cm³/mol. The molecule has 1 rings (SSSR count). The molecule has 0 aliphatic carbocycles. The van der Waals surface area contributed by atoms with Crippen LogP contribution in [0, 0.1) is 5.41 Å². The van der Waals surface area contributed by atoms with Gasteiger partial charge in [0, 0.05) is 26.1 Å². The molecule has 0 aliphatic heterocycles. The molecule has 0 aromatic carbocycles. The molecule has 0 bridgehead atoms. The summed E-state index contributed by atoms with van der Waals surface area (Å²) in [5.74, 6) is 0.912. The molecule has 21 heavy (non-hydrogen) atoms. The third-order valence-corrected chi connectivity index (χ3v) is 3.23. The number of aliphatic hydroxyl groups is 1. The van der Waals surface area contributed by atoms with Gasteiger partial charge in [-0.3, -0.25) is 0 Å². The molecule has 2 amide bonds. The Morgan fingerprint density at radius 2 is 2.19 bits per heavy atom. The Balaban J connectivity index is 2.25. The molecule has 0 saturated heterocycles. The Kier molecular flexibility index (Phi) is 6.61. The smallest absolute Gasteiger partial charge is 0.314 e. The zero-order valence-electron chi connectivity index (χ0n) is 13.4. The number of hydrogen-bond acceptors (Lipinski definition) is 4. The van der Waals surface area contributed by atoms with Crippen molar-refractivity contribution >= 4 is 6.03 Å². The normalized spacial score (nSPS) is 13.0. The molecule has 3 N–H and O–H groups in total. The van der Waals surface area contributed by atoms with Gasteiger partial charge in [-0.15, -0.1) is 10.2 Å². The monoisotopic (exact) mass is 297 g/mol. The fraction of sp³-hybridized carbons (Fsp3) is 0.786.